The van der Waals surface area contributed by atoms with Crippen molar-refractivity contribution >= 4 is 29.6 Å². The number of pyridine rings is 1. The van der Waals surface area contributed by atoms with Crippen molar-refractivity contribution in [2.45, 2.75) is 27.3 Å². The fourth-order valence-electron chi connectivity index (χ4n) is 3.73. The van der Waals surface area contributed by atoms with Crippen LogP contribution in [0.5, 0.6) is 0 Å². The highest BCUT2D eigenvalue weighted by molar-refractivity contribution is 6.31. The lowest BCUT2D eigenvalue weighted by atomic mass is 10.1. The lowest BCUT2D eigenvalue weighted by Crippen LogP contribution is -2.46. The number of primary amides is 1. The molecule has 0 aliphatic carbocycles. The zero-order valence-electron chi connectivity index (χ0n) is 20.0. The SMILES string of the molecule is CCN1CCN(c2ccc(-c3ncc(C)c(NCc4ccc(C)cc4Cl)n3)cn2)CC1.NC=O. The molecule has 0 bridgehead atoms. The molecule has 1 saturated heterocycles. The van der Waals surface area contributed by atoms with Gasteiger partial charge in [0.1, 0.15) is 11.6 Å². The zero-order chi connectivity index (χ0) is 24.5. The molecule has 1 aliphatic heterocycles. The quantitative estimate of drug-likeness (QED) is 0.518. The average Bonchev–Trinajstić information content (AvgIpc) is 2.85. The first-order chi connectivity index (χ1) is 16.4. The summed E-state index contributed by atoms with van der Waals surface area (Å²) in [5.41, 5.74) is 8.26. The molecule has 0 spiro atoms. The van der Waals surface area contributed by atoms with Gasteiger partial charge in [0, 0.05) is 61.3 Å². The average molecular weight is 482 g/mol. The summed E-state index contributed by atoms with van der Waals surface area (Å²) in [4.78, 5) is 27.3. The number of hydrogen-bond acceptors (Lipinski definition) is 7. The number of anilines is 2. The van der Waals surface area contributed by atoms with Crippen molar-refractivity contribution in [1.82, 2.24) is 19.9 Å². The molecule has 0 atom stereocenters. The Bertz CT molecular complexity index is 1080. The van der Waals surface area contributed by atoms with Gasteiger partial charge in [0.05, 0.1) is 0 Å². The number of carbonyl (C=O) groups excluding carboxylic acids is 1. The molecule has 4 rings (SSSR count). The van der Waals surface area contributed by atoms with Crippen molar-refractivity contribution in [3.8, 4) is 11.4 Å². The maximum Gasteiger partial charge on any atom is 0.204 e. The van der Waals surface area contributed by atoms with E-state index in [0.717, 1.165) is 71.6 Å². The number of aryl methyl sites for hydroxylation is 2. The molecule has 8 nitrogen and oxygen atoms in total. The van der Waals surface area contributed by atoms with Crippen LogP contribution in [0.1, 0.15) is 23.6 Å². The molecule has 1 aromatic carbocycles. The molecule has 34 heavy (non-hydrogen) atoms. The van der Waals surface area contributed by atoms with E-state index in [4.69, 9.17) is 21.4 Å². The fourth-order valence-corrected chi connectivity index (χ4v) is 4.04. The molecule has 9 heteroatoms. The van der Waals surface area contributed by atoms with Crippen LogP contribution in [-0.4, -0.2) is 59.0 Å². The van der Waals surface area contributed by atoms with E-state index in [-0.39, 0.29) is 6.41 Å². The Hall–Kier alpha value is -3.23. The maximum atomic E-state index is 8.58. The molecule has 0 saturated carbocycles. The fraction of sp³-hybridized carbons (Fsp3) is 0.360. The van der Waals surface area contributed by atoms with Gasteiger partial charge in [0.25, 0.3) is 0 Å². The second-order valence-electron chi connectivity index (χ2n) is 8.14. The van der Waals surface area contributed by atoms with Gasteiger partial charge in [-0.3, -0.25) is 4.79 Å². The first-order valence-corrected chi connectivity index (χ1v) is 11.7. The number of rotatable bonds is 6. The summed E-state index contributed by atoms with van der Waals surface area (Å²) < 4.78 is 0. The minimum absolute atomic E-state index is 0.250. The molecular weight excluding hydrogens is 450 g/mol. The third-order valence-electron chi connectivity index (χ3n) is 5.78. The molecule has 180 valence electrons. The lowest BCUT2D eigenvalue weighted by molar-refractivity contribution is -0.106. The van der Waals surface area contributed by atoms with Gasteiger partial charge >= 0.3 is 0 Å². The van der Waals surface area contributed by atoms with Gasteiger partial charge in [0.2, 0.25) is 6.41 Å². The van der Waals surface area contributed by atoms with Gasteiger partial charge in [-0.15, -0.1) is 0 Å². The number of benzene rings is 1. The van der Waals surface area contributed by atoms with Crippen molar-refractivity contribution in [3.05, 3.63) is 64.4 Å². The summed E-state index contributed by atoms with van der Waals surface area (Å²) in [6, 6.07) is 10.2. The number of hydrogen-bond donors (Lipinski definition) is 2. The van der Waals surface area contributed by atoms with Crippen molar-refractivity contribution in [3.63, 3.8) is 0 Å². The molecule has 0 radical (unpaired) electrons. The molecule has 0 unspecified atom stereocenters. The van der Waals surface area contributed by atoms with E-state index in [0.29, 0.717) is 12.4 Å². The minimum atomic E-state index is 0.250. The van der Waals surface area contributed by atoms with Crippen LogP contribution in [-0.2, 0) is 11.3 Å². The normalized spacial score (nSPS) is 13.7. The summed E-state index contributed by atoms with van der Waals surface area (Å²) in [5, 5.41) is 4.17. The zero-order valence-corrected chi connectivity index (χ0v) is 20.7. The Balaban J connectivity index is 0.00000103. The first kappa shape index (κ1) is 25.4. The standard InChI is InChI=1S/C24H29ClN6.CH3NO/c1-4-30-9-11-31(12-10-30)22-8-7-20(16-26-22)24-27-14-18(3)23(29-24)28-15-19-6-5-17(2)13-21(19)25;2-1-3/h5-8,13-14,16H,4,9-12,15H2,1-3H3,(H,27,28,29);1H,(H2,2,3). The van der Waals surface area contributed by atoms with Crippen LogP contribution in [0.2, 0.25) is 5.02 Å². The van der Waals surface area contributed by atoms with Crippen molar-refractivity contribution < 1.29 is 4.79 Å². The van der Waals surface area contributed by atoms with Gasteiger partial charge < -0.3 is 20.9 Å². The summed E-state index contributed by atoms with van der Waals surface area (Å²) in [7, 11) is 0. The molecule has 1 aliphatic rings. The van der Waals surface area contributed by atoms with Gasteiger partial charge in [0.15, 0.2) is 5.82 Å². The number of aromatic nitrogens is 3. The van der Waals surface area contributed by atoms with Crippen LogP contribution in [0.25, 0.3) is 11.4 Å². The van der Waals surface area contributed by atoms with E-state index >= 15 is 0 Å². The smallest absolute Gasteiger partial charge is 0.204 e. The van der Waals surface area contributed by atoms with E-state index < -0.39 is 0 Å². The Kier molecular flexibility index (Phi) is 9.18. The van der Waals surface area contributed by atoms with Gasteiger partial charge in [-0.2, -0.15) is 0 Å². The molecule has 2 aromatic heterocycles. The van der Waals surface area contributed by atoms with Crippen LogP contribution in [0.4, 0.5) is 11.6 Å². The van der Waals surface area contributed by atoms with Gasteiger partial charge in [-0.25, -0.2) is 15.0 Å². The van der Waals surface area contributed by atoms with E-state index in [1.165, 1.54) is 0 Å². The number of halogens is 1. The van der Waals surface area contributed by atoms with E-state index in [1.54, 1.807) is 0 Å². The Morgan fingerprint density at radius 1 is 1.09 bits per heavy atom. The van der Waals surface area contributed by atoms with Crippen molar-refractivity contribution in [2.24, 2.45) is 5.73 Å². The number of likely N-dealkylation sites (N-methyl/N-ethyl adjacent to an activating group) is 1. The van der Waals surface area contributed by atoms with Crippen LogP contribution < -0.4 is 16.0 Å². The molecule has 1 fully saturated rings. The third kappa shape index (κ3) is 6.65. The number of nitrogens with zero attached hydrogens (tertiary/aromatic N) is 5. The summed E-state index contributed by atoms with van der Waals surface area (Å²) in [5.74, 6) is 2.48. The summed E-state index contributed by atoms with van der Waals surface area (Å²) >= 11 is 6.37. The Morgan fingerprint density at radius 2 is 1.82 bits per heavy atom. The van der Waals surface area contributed by atoms with Crippen LogP contribution >= 0.6 is 11.6 Å². The minimum Gasteiger partial charge on any atom is -0.372 e. The summed E-state index contributed by atoms with van der Waals surface area (Å²) in [6.07, 6.45) is 3.96. The summed E-state index contributed by atoms with van der Waals surface area (Å²) in [6.45, 7) is 12.2. The first-order valence-electron chi connectivity index (χ1n) is 11.4. The van der Waals surface area contributed by atoms with E-state index in [9.17, 15) is 0 Å². The molecule has 1 amide bonds. The second kappa shape index (κ2) is 12.3. The Labute approximate surface area is 206 Å². The predicted octanol–water partition coefficient (Wildman–Crippen LogP) is 3.66. The number of piperazine rings is 1. The number of nitrogens with one attached hydrogen (secondary N) is 1. The predicted molar refractivity (Wildman–Crippen MR) is 138 cm³/mol. The number of carbonyl (C=O) groups is 1. The van der Waals surface area contributed by atoms with Gasteiger partial charge in [-0.1, -0.05) is 30.7 Å². The van der Waals surface area contributed by atoms with Crippen LogP contribution in [0, 0.1) is 13.8 Å². The number of nitrogens with two attached hydrogens (primary N) is 1. The largest absolute Gasteiger partial charge is 0.372 e. The van der Waals surface area contributed by atoms with Crippen molar-refractivity contribution in [2.75, 3.05) is 42.9 Å². The Morgan fingerprint density at radius 3 is 2.44 bits per heavy atom. The van der Waals surface area contributed by atoms with E-state index in [2.05, 4.69) is 55.9 Å². The van der Waals surface area contributed by atoms with Crippen LogP contribution in [0.15, 0.2) is 42.7 Å². The lowest BCUT2D eigenvalue weighted by Gasteiger charge is -2.34. The van der Waals surface area contributed by atoms with Crippen LogP contribution in [0.3, 0.4) is 0 Å². The third-order valence-corrected chi connectivity index (χ3v) is 6.13. The number of amides is 1. The topological polar surface area (TPSA) is 100 Å². The molecule has 3 aromatic rings. The van der Waals surface area contributed by atoms with Gasteiger partial charge in [-0.05, 0) is 49.7 Å². The molecule has 3 heterocycles. The monoisotopic (exact) mass is 481 g/mol. The van der Waals surface area contributed by atoms with E-state index in [1.807, 2.05) is 38.4 Å². The highest BCUT2D eigenvalue weighted by Crippen LogP contribution is 2.23. The van der Waals surface area contributed by atoms with Crippen molar-refractivity contribution in [1.29, 1.82) is 0 Å². The second-order valence-corrected chi connectivity index (χ2v) is 8.54. The molecule has 3 N–H and O–H groups in total. The maximum absolute atomic E-state index is 8.58. The highest BCUT2D eigenvalue weighted by Gasteiger charge is 2.17. The molecular formula is C25H32ClN7O. The highest BCUT2D eigenvalue weighted by atomic mass is 35.5.